The van der Waals surface area contributed by atoms with Crippen molar-refractivity contribution in [2.45, 2.75) is 51.7 Å². The zero-order valence-electron chi connectivity index (χ0n) is 20.1. The van der Waals surface area contributed by atoms with Gasteiger partial charge in [0.2, 0.25) is 11.8 Å². The number of carbonyl (C=O) groups excluding carboxylic acids is 2. The molecule has 0 saturated carbocycles. The van der Waals surface area contributed by atoms with Crippen LogP contribution >= 0.6 is 46.4 Å². The van der Waals surface area contributed by atoms with Crippen molar-refractivity contribution in [3.8, 4) is 0 Å². The molecule has 36 heavy (non-hydrogen) atoms. The maximum Gasteiger partial charge on any atom is 0.243 e. The zero-order valence-corrected chi connectivity index (χ0v) is 23.1. The summed E-state index contributed by atoms with van der Waals surface area (Å²) >= 11 is 25.0. The van der Waals surface area contributed by atoms with Gasteiger partial charge < -0.3 is 10.2 Å². The topological polar surface area (TPSA) is 49.4 Å². The number of hydrogen-bond donors (Lipinski definition) is 1. The highest BCUT2D eigenvalue weighted by atomic mass is 35.5. The molecular weight excluding hydrogens is 538 g/mol. The fourth-order valence-corrected chi connectivity index (χ4v) is 4.70. The Morgan fingerprint density at radius 1 is 0.861 bits per heavy atom. The molecule has 8 heteroatoms. The number of hydrogen-bond acceptors (Lipinski definition) is 2. The van der Waals surface area contributed by atoms with E-state index in [0.29, 0.717) is 37.6 Å². The molecule has 2 unspecified atom stereocenters. The predicted octanol–water partition coefficient (Wildman–Crippen LogP) is 7.40. The Morgan fingerprint density at radius 2 is 1.44 bits per heavy atom. The van der Waals surface area contributed by atoms with Gasteiger partial charge in [0.1, 0.15) is 6.04 Å². The average Bonchev–Trinajstić information content (AvgIpc) is 2.84. The summed E-state index contributed by atoms with van der Waals surface area (Å²) in [5.41, 5.74) is 2.25. The van der Waals surface area contributed by atoms with Gasteiger partial charge in [0.15, 0.2) is 0 Å². The molecule has 190 valence electrons. The Kier molecular flexibility index (Phi) is 10.5. The van der Waals surface area contributed by atoms with E-state index in [1.54, 1.807) is 41.3 Å². The SMILES string of the molecule is CCC(C)NC(=O)C(Cc1ccccc1)N(Cc1ccc(Cl)cc1Cl)C(=O)Cc1ccc(Cl)cc1Cl. The third-order valence-electron chi connectivity index (χ3n) is 5.98. The third kappa shape index (κ3) is 7.88. The zero-order chi connectivity index (χ0) is 26.2. The Morgan fingerprint density at radius 3 is 2.00 bits per heavy atom. The standard InChI is InChI=1S/C28H28Cl4N2O2/c1-3-18(2)33-28(36)26(13-19-7-5-4-6-8-19)34(17-21-10-12-23(30)16-25(21)32)27(35)14-20-9-11-22(29)15-24(20)31/h4-12,15-16,18,26H,3,13-14,17H2,1-2H3,(H,33,36). The quantitative estimate of drug-likeness (QED) is 0.278. The summed E-state index contributed by atoms with van der Waals surface area (Å²) in [5.74, 6) is -0.487. The second-order valence-corrected chi connectivity index (χ2v) is 10.4. The van der Waals surface area contributed by atoms with Crippen LogP contribution in [0.2, 0.25) is 20.1 Å². The van der Waals surface area contributed by atoms with Crippen molar-refractivity contribution in [1.82, 2.24) is 10.2 Å². The van der Waals surface area contributed by atoms with Crippen molar-refractivity contribution in [3.05, 3.63) is 104 Å². The lowest BCUT2D eigenvalue weighted by atomic mass is 10.0. The van der Waals surface area contributed by atoms with Gasteiger partial charge in [-0.25, -0.2) is 0 Å². The van der Waals surface area contributed by atoms with Gasteiger partial charge in [-0.15, -0.1) is 0 Å². The summed E-state index contributed by atoms with van der Waals surface area (Å²) in [4.78, 5) is 28.9. The van der Waals surface area contributed by atoms with Crippen LogP contribution in [-0.4, -0.2) is 28.8 Å². The van der Waals surface area contributed by atoms with Crippen molar-refractivity contribution in [1.29, 1.82) is 0 Å². The van der Waals surface area contributed by atoms with Crippen molar-refractivity contribution in [2.24, 2.45) is 0 Å². The van der Waals surface area contributed by atoms with Crippen LogP contribution in [0.4, 0.5) is 0 Å². The van der Waals surface area contributed by atoms with Gasteiger partial charge in [0.05, 0.1) is 6.42 Å². The molecule has 3 aromatic carbocycles. The van der Waals surface area contributed by atoms with Crippen molar-refractivity contribution < 1.29 is 9.59 Å². The molecule has 3 aromatic rings. The van der Waals surface area contributed by atoms with E-state index in [1.807, 2.05) is 44.2 Å². The molecule has 0 aliphatic rings. The number of carbonyl (C=O) groups is 2. The van der Waals surface area contributed by atoms with Crippen LogP contribution in [-0.2, 0) is 29.0 Å². The molecule has 1 N–H and O–H groups in total. The minimum absolute atomic E-state index is 0.00309. The fourth-order valence-electron chi connectivity index (χ4n) is 3.76. The van der Waals surface area contributed by atoms with Gasteiger partial charge in [0.25, 0.3) is 0 Å². The highest BCUT2D eigenvalue weighted by molar-refractivity contribution is 6.35. The molecule has 2 atom stereocenters. The second-order valence-electron chi connectivity index (χ2n) is 8.69. The molecule has 3 rings (SSSR count). The Bertz CT molecular complexity index is 1200. The Labute approximate surface area is 232 Å². The molecule has 0 radical (unpaired) electrons. The Hall–Kier alpha value is -2.24. The van der Waals surface area contributed by atoms with E-state index in [9.17, 15) is 9.59 Å². The van der Waals surface area contributed by atoms with Crippen LogP contribution < -0.4 is 5.32 Å². The second kappa shape index (κ2) is 13.3. The first-order valence-corrected chi connectivity index (χ1v) is 13.2. The van der Waals surface area contributed by atoms with E-state index >= 15 is 0 Å². The van der Waals surface area contributed by atoms with Crippen molar-refractivity contribution in [2.75, 3.05) is 0 Å². The summed E-state index contributed by atoms with van der Waals surface area (Å²) in [5, 5.41) is 4.83. The largest absolute Gasteiger partial charge is 0.352 e. The first-order valence-electron chi connectivity index (χ1n) is 11.7. The van der Waals surface area contributed by atoms with Crippen LogP contribution in [0.5, 0.6) is 0 Å². The van der Waals surface area contributed by atoms with Gasteiger partial charge in [0, 0.05) is 39.1 Å². The van der Waals surface area contributed by atoms with Crippen LogP contribution in [0.1, 0.15) is 37.0 Å². The Balaban J connectivity index is 2.02. The van der Waals surface area contributed by atoms with Crippen molar-refractivity contribution >= 4 is 58.2 Å². The predicted molar refractivity (Wildman–Crippen MR) is 149 cm³/mol. The maximum absolute atomic E-state index is 13.8. The monoisotopic (exact) mass is 564 g/mol. The highest BCUT2D eigenvalue weighted by Gasteiger charge is 2.31. The maximum atomic E-state index is 13.8. The molecule has 0 aliphatic heterocycles. The number of benzene rings is 3. The molecule has 4 nitrogen and oxygen atoms in total. The molecule has 0 spiro atoms. The summed E-state index contributed by atoms with van der Waals surface area (Å²) < 4.78 is 0. The van der Waals surface area contributed by atoms with Gasteiger partial charge in [-0.1, -0.05) is 95.8 Å². The number of nitrogens with zero attached hydrogens (tertiary/aromatic N) is 1. The number of rotatable bonds is 10. The highest BCUT2D eigenvalue weighted by Crippen LogP contribution is 2.26. The van der Waals surface area contributed by atoms with Gasteiger partial charge in [-0.3, -0.25) is 9.59 Å². The summed E-state index contributed by atoms with van der Waals surface area (Å²) in [7, 11) is 0. The van der Waals surface area contributed by atoms with E-state index in [2.05, 4.69) is 5.32 Å². The van der Waals surface area contributed by atoms with E-state index in [0.717, 1.165) is 12.0 Å². The van der Waals surface area contributed by atoms with Crippen LogP contribution in [0.3, 0.4) is 0 Å². The molecule has 2 amide bonds. The van der Waals surface area contributed by atoms with Crippen molar-refractivity contribution in [3.63, 3.8) is 0 Å². The smallest absolute Gasteiger partial charge is 0.243 e. The molecule has 0 aliphatic carbocycles. The summed E-state index contributed by atoms with van der Waals surface area (Å²) in [6.07, 6.45) is 1.11. The van der Waals surface area contributed by atoms with Gasteiger partial charge >= 0.3 is 0 Å². The molecule has 0 saturated heterocycles. The summed E-state index contributed by atoms with van der Waals surface area (Å²) in [6, 6.07) is 18.9. The van der Waals surface area contributed by atoms with E-state index in [4.69, 9.17) is 46.4 Å². The first kappa shape index (κ1) is 28.3. The van der Waals surface area contributed by atoms with E-state index in [-0.39, 0.29) is 30.8 Å². The molecule has 0 aromatic heterocycles. The lowest BCUT2D eigenvalue weighted by Crippen LogP contribution is -2.52. The van der Waals surface area contributed by atoms with Crippen LogP contribution in [0.25, 0.3) is 0 Å². The van der Waals surface area contributed by atoms with Gasteiger partial charge in [-0.2, -0.15) is 0 Å². The van der Waals surface area contributed by atoms with E-state index in [1.165, 1.54) is 0 Å². The van der Waals surface area contributed by atoms with Crippen LogP contribution in [0, 0.1) is 0 Å². The molecule has 0 heterocycles. The normalized spacial score (nSPS) is 12.6. The van der Waals surface area contributed by atoms with E-state index < -0.39 is 6.04 Å². The number of nitrogens with one attached hydrogen (secondary N) is 1. The number of halogens is 4. The fraction of sp³-hybridized carbons (Fsp3) is 0.286. The summed E-state index contributed by atoms with van der Waals surface area (Å²) in [6.45, 7) is 4.06. The lowest BCUT2D eigenvalue weighted by Gasteiger charge is -2.32. The number of amides is 2. The third-order valence-corrected chi connectivity index (χ3v) is 7.16. The molecular formula is C28H28Cl4N2O2. The minimum Gasteiger partial charge on any atom is -0.352 e. The average molecular weight is 566 g/mol. The molecule has 0 fully saturated rings. The molecule has 0 bridgehead atoms. The van der Waals surface area contributed by atoms with Gasteiger partial charge in [-0.05, 0) is 54.3 Å². The first-order chi connectivity index (χ1) is 17.2. The lowest BCUT2D eigenvalue weighted by molar-refractivity contribution is -0.141. The minimum atomic E-state index is -0.772. The van der Waals surface area contributed by atoms with Crippen LogP contribution in [0.15, 0.2) is 66.7 Å².